The molecular weight excluding hydrogens is 457 g/mol. The van der Waals surface area contributed by atoms with Crippen LogP contribution in [0.3, 0.4) is 0 Å². The Balaban J connectivity index is 2.47. The minimum Gasteiger partial charge on any atom is -0.467 e. The van der Waals surface area contributed by atoms with Crippen LogP contribution in [-0.2, 0) is 4.74 Å². The number of hydrogen-bond donors (Lipinski definition) is 1. The molecule has 0 aromatic heterocycles. The maximum absolute atomic E-state index is 15.1. The Hall–Kier alpha value is -2.52. The van der Waals surface area contributed by atoms with Gasteiger partial charge in [-0.2, -0.15) is 13.2 Å². The SMILES string of the molecule is CCC[C@H](CC(C)(C)F)NC(c1ccc(-c2cc(C=O)ccc2OCOC)c(F)c1)C(F)(F)F. The highest BCUT2D eigenvalue weighted by molar-refractivity contribution is 5.81. The molecule has 1 unspecified atom stereocenters. The van der Waals surface area contributed by atoms with Gasteiger partial charge < -0.3 is 9.47 Å². The maximum atomic E-state index is 15.1. The van der Waals surface area contributed by atoms with Crippen molar-refractivity contribution in [3.63, 3.8) is 0 Å². The van der Waals surface area contributed by atoms with Gasteiger partial charge in [-0.25, -0.2) is 8.78 Å². The molecule has 34 heavy (non-hydrogen) atoms. The van der Waals surface area contributed by atoms with Crippen molar-refractivity contribution >= 4 is 6.29 Å². The lowest BCUT2D eigenvalue weighted by Crippen LogP contribution is -2.43. The summed E-state index contributed by atoms with van der Waals surface area (Å²) in [5.74, 6) is -0.713. The van der Waals surface area contributed by atoms with E-state index in [9.17, 15) is 22.4 Å². The van der Waals surface area contributed by atoms with E-state index in [-0.39, 0.29) is 41.2 Å². The van der Waals surface area contributed by atoms with E-state index in [1.165, 1.54) is 51.3 Å². The molecule has 0 heterocycles. The first kappa shape index (κ1) is 27.7. The number of ether oxygens (including phenoxy) is 2. The molecule has 0 amide bonds. The van der Waals surface area contributed by atoms with E-state index >= 15 is 4.39 Å². The molecule has 4 nitrogen and oxygen atoms in total. The lowest BCUT2D eigenvalue weighted by Gasteiger charge is -2.30. The summed E-state index contributed by atoms with van der Waals surface area (Å²) in [5, 5.41) is 2.49. The van der Waals surface area contributed by atoms with E-state index < -0.39 is 29.7 Å². The van der Waals surface area contributed by atoms with Crippen LogP contribution in [0.4, 0.5) is 22.0 Å². The molecule has 0 fully saturated rings. The van der Waals surface area contributed by atoms with Gasteiger partial charge >= 0.3 is 6.18 Å². The number of carbonyl (C=O) groups excluding carboxylic acids is 1. The van der Waals surface area contributed by atoms with E-state index in [4.69, 9.17) is 9.47 Å². The maximum Gasteiger partial charge on any atom is 0.407 e. The van der Waals surface area contributed by atoms with Crippen LogP contribution >= 0.6 is 0 Å². The number of methoxy groups -OCH3 is 1. The summed E-state index contributed by atoms with van der Waals surface area (Å²) in [5.41, 5.74) is -1.59. The minimum absolute atomic E-state index is 0.0329. The highest BCUT2D eigenvalue weighted by Gasteiger charge is 2.42. The molecule has 9 heteroatoms. The molecule has 0 radical (unpaired) electrons. The first-order chi connectivity index (χ1) is 15.9. The van der Waals surface area contributed by atoms with Gasteiger partial charge in [0.1, 0.15) is 29.6 Å². The van der Waals surface area contributed by atoms with Gasteiger partial charge in [-0.3, -0.25) is 10.1 Å². The second-order valence-corrected chi connectivity index (χ2v) is 8.71. The second kappa shape index (κ2) is 11.8. The highest BCUT2D eigenvalue weighted by Crippen LogP contribution is 2.38. The van der Waals surface area contributed by atoms with Crippen LogP contribution in [0.1, 0.15) is 62.0 Å². The average molecular weight is 488 g/mol. The van der Waals surface area contributed by atoms with Crippen LogP contribution in [0.5, 0.6) is 5.75 Å². The van der Waals surface area contributed by atoms with Crippen LogP contribution in [-0.4, -0.2) is 38.1 Å². The van der Waals surface area contributed by atoms with Gasteiger partial charge in [-0.15, -0.1) is 0 Å². The monoisotopic (exact) mass is 487 g/mol. The molecule has 2 aromatic rings. The van der Waals surface area contributed by atoms with Crippen LogP contribution in [0.2, 0.25) is 0 Å². The summed E-state index contributed by atoms with van der Waals surface area (Å²) in [6.45, 7) is 4.28. The molecule has 2 aromatic carbocycles. The largest absolute Gasteiger partial charge is 0.467 e. The fraction of sp³-hybridized carbons (Fsp3) is 0.480. The van der Waals surface area contributed by atoms with E-state index in [0.717, 1.165) is 6.07 Å². The normalized spacial score (nSPS) is 14.0. The zero-order valence-corrected chi connectivity index (χ0v) is 19.6. The zero-order valence-electron chi connectivity index (χ0n) is 19.6. The van der Waals surface area contributed by atoms with Gasteiger partial charge in [-0.05, 0) is 56.5 Å². The number of nitrogens with one attached hydrogen (secondary N) is 1. The Morgan fingerprint density at radius 1 is 1.06 bits per heavy atom. The van der Waals surface area contributed by atoms with Gasteiger partial charge in [0.2, 0.25) is 0 Å². The fourth-order valence-electron chi connectivity index (χ4n) is 3.80. The Kier molecular flexibility index (Phi) is 9.58. The van der Waals surface area contributed by atoms with Crippen LogP contribution in [0.25, 0.3) is 11.1 Å². The standard InChI is InChI=1S/C25H30F5NO3/c1-5-6-18(13-24(2,3)27)31-23(25(28,29)30)17-8-9-19(21(26)12-17)20-11-16(14-32)7-10-22(20)34-15-33-4/h7-12,14,18,23,31H,5-6,13,15H2,1-4H3/t18-,23?/m1/s1. The summed E-state index contributed by atoms with van der Waals surface area (Å²) in [6.07, 6.45) is -3.39. The Morgan fingerprint density at radius 2 is 1.76 bits per heavy atom. The van der Waals surface area contributed by atoms with Gasteiger partial charge in [0, 0.05) is 29.8 Å². The summed E-state index contributed by atoms with van der Waals surface area (Å²) in [4.78, 5) is 11.2. The summed E-state index contributed by atoms with van der Waals surface area (Å²) in [7, 11) is 1.40. The van der Waals surface area contributed by atoms with Crippen molar-refractivity contribution in [2.75, 3.05) is 13.9 Å². The number of halogens is 5. The molecule has 0 saturated heterocycles. The van der Waals surface area contributed by atoms with Crippen molar-refractivity contribution in [2.45, 2.75) is 64.0 Å². The van der Waals surface area contributed by atoms with Crippen LogP contribution in [0, 0.1) is 5.82 Å². The molecule has 0 bridgehead atoms. The number of rotatable bonds is 12. The Bertz CT molecular complexity index is 957. The van der Waals surface area contributed by atoms with E-state index in [1.807, 2.05) is 0 Å². The number of hydrogen-bond acceptors (Lipinski definition) is 4. The van der Waals surface area contributed by atoms with Crippen LogP contribution in [0.15, 0.2) is 36.4 Å². The smallest absolute Gasteiger partial charge is 0.407 e. The molecule has 0 aliphatic rings. The molecule has 188 valence electrons. The molecule has 2 rings (SSSR count). The van der Waals surface area contributed by atoms with Crippen molar-refractivity contribution in [3.8, 4) is 16.9 Å². The van der Waals surface area contributed by atoms with Gasteiger partial charge in [-0.1, -0.05) is 25.5 Å². The Labute approximate surface area is 196 Å². The zero-order chi connectivity index (χ0) is 25.5. The van der Waals surface area contributed by atoms with Gasteiger partial charge in [0.05, 0.1) is 0 Å². The van der Waals surface area contributed by atoms with E-state index in [2.05, 4.69) is 5.32 Å². The topological polar surface area (TPSA) is 47.6 Å². The predicted octanol–water partition coefficient (Wildman–Crippen LogP) is 6.79. The van der Waals surface area contributed by atoms with Crippen molar-refractivity contribution in [3.05, 3.63) is 53.3 Å². The molecule has 0 aliphatic heterocycles. The second-order valence-electron chi connectivity index (χ2n) is 8.71. The number of aldehydes is 1. The minimum atomic E-state index is -4.73. The van der Waals surface area contributed by atoms with Gasteiger partial charge in [0.25, 0.3) is 0 Å². The van der Waals surface area contributed by atoms with E-state index in [0.29, 0.717) is 19.1 Å². The number of benzene rings is 2. The first-order valence-corrected chi connectivity index (χ1v) is 10.9. The number of carbonyl (C=O) groups is 1. The summed E-state index contributed by atoms with van der Waals surface area (Å²) < 4.78 is 81.4. The van der Waals surface area contributed by atoms with Gasteiger partial charge in [0.15, 0.2) is 6.79 Å². The van der Waals surface area contributed by atoms with Crippen molar-refractivity contribution < 1.29 is 36.2 Å². The van der Waals surface area contributed by atoms with E-state index in [1.54, 1.807) is 6.92 Å². The third kappa shape index (κ3) is 7.77. The van der Waals surface area contributed by atoms with Crippen molar-refractivity contribution in [2.24, 2.45) is 0 Å². The molecule has 0 spiro atoms. The Morgan fingerprint density at radius 3 is 2.29 bits per heavy atom. The van der Waals surface area contributed by atoms with Crippen LogP contribution < -0.4 is 10.1 Å². The van der Waals surface area contributed by atoms with Crippen molar-refractivity contribution in [1.82, 2.24) is 5.32 Å². The fourth-order valence-corrected chi connectivity index (χ4v) is 3.80. The summed E-state index contributed by atoms with van der Waals surface area (Å²) in [6, 6.07) is 4.56. The molecule has 2 atom stereocenters. The molecule has 1 N–H and O–H groups in total. The number of alkyl halides is 4. The van der Waals surface area contributed by atoms with Crippen molar-refractivity contribution in [1.29, 1.82) is 0 Å². The molecule has 0 aliphatic carbocycles. The third-order valence-corrected chi connectivity index (χ3v) is 5.19. The predicted molar refractivity (Wildman–Crippen MR) is 120 cm³/mol. The summed E-state index contributed by atoms with van der Waals surface area (Å²) >= 11 is 0. The molecular formula is C25H30F5NO3. The third-order valence-electron chi connectivity index (χ3n) is 5.19. The lowest BCUT2D eigenvalue weighted by atomic mass is 9.94. The molecule has 0 saturated carbocycles. The average Bonchev–Trinajstić information content (AvgIpc) is 2.74. The first-order valence-electron chi connectivity index (χ1n) is 10.9. The lowest BCUT2D eigenvalue weighted by molar-refractivity contribution is -0.160. The highest BCUT2D eigenvalue weighted by atomic mass is 19.4. The quantitative estimate of drug-likeness (QED) is 0.204.